The standard InChI is InChI=1S/C23H30F3N3O3S/c1-15-9-22(21-18(19(30)14-32-22)8-20(33-21)23(24,25)26)4-6-28(15)11-17-10-27-29(12-17)5-2-16-3-7-31-13-16/h8,10,12,15-16,19,30H,2-7,9,11,13-14H2,1H3/t15-,16?,19+,22+/m0/s1. The Labute approximate surface area is 195 Å². The first kappa shape index (κ1) is 23.3. The summed E-state index contributed by atoms with van der Waals surface area (Å²) >= 11 is 0.727. The Hall–Kier alpha value is -1.46. The van der Waals surface area contributed by atoms with Crippen molar-refractivity contribution >= 4 is 11.3 Å². The van der Waals surface area contributed by atoms with Crippen molar-refractivity contribution in [2.24, 2.45) is 5.92 Å². The molecule has 1 unspecified atom stereocenters. The number of piperidine rings is 1. The van der Waals surface area contributed by atoms with E-state index in [4.69, 9.17) is 9.47 Å². The molecule has 10 heteroatoms. The molecule has 0 aliphatic carbocycles. The van der Waals surface area contributed by atoms with Crippen LogP contribution in [0.2, 0.25) is 0 Å². The number of thiophene rings is 1. The molecule has 6 nitrogen and oxygen atoms in total. The van der Waals surface area contributed by atoms with Gasteiger partial charge in [0.05, 0.1) is 12.8 Å². The highest BCUT2D eigenvalue weighted by Crippen LogP contribution is 2.51. The number of fused-ring (bicyclic) bond motifs is 2. The van der Waals surface area contributed by atoms with E-state index in [9.17, 15) is 18.3 Å². The van der Waals surface area contributed by atoms with Gasteiger partial charge in [0.15, 0.2) is 0 Å². The topological polar surface area (TPSA) is 59.8 Å². The number of halogens is 3. The zero-order valence-electron chi connectivity index (χ0n) is 18.7. The smallest absolute Gasteiger partial charge is 0.386 e. The number of aromatic nitrogens is 2. The number of hydrogen-bond donors (Lipinski definition) is 1. The lowest BCUT2D eigenvalue weighted by Crippen LogP contribution is -2.50. The highest BCUT2D eigenvalue weighted by Gasteiger charge is 2.48. The summed E-state index contributed by atoms with van der Waals surface area (Å²) in [6.07, 6.45) is 1.96. The summed E-state index contributed by atoms with van der Waals surface area (Å²) in [6, 6.07) is 1.23. The molecule has 0 saturated carbocycles. The summed E-state index contributed by atoms with van der Waals surface area (Å²) in [5.74, 6) is 0.616. The van der Waals surface area contributed by atoms with Crippen LogP contribution in [0, 0.1) is 5.92 Å². The quantitative estimate of drug-likeness (QED) is 0.683. The van der Waals surface area contributed by atoms with Gasteiger partial charge in [-0.05, 0) is 44.6 Å². The van der Waals surface area contributed by atoms with Gasteiger partial charge in [-0.15, -0.1) is 11.3 Å². The second-order valence-corrected chi connectivity index (χ2v) is 10.7. The monoisotopic (exact) mass is 485 g/mol. The van der Waals surface area contributed by atoms with E-state index in [1.54, 1.807) is 0 Å². The van der Waals surface area contributed by atoms with Crippen LogP contribution in [0.3, 0.4) is 0 Å². The van der Waals surface area contributed by atoms with Crippen LogP contribution in [-0.4, -0.2) is 52.2 Å². The molecule has 0 aromatic carbocycles. The lowest BCUT2D eigenvalue weighted by atomic mass is 9.81. The molecule has 2 aromatic heterocycles. The molecule has 182 valence electrons. The van der Waals surface area contributed by atoms with Crippen LogP contribution in [0.4, 0.5) is 13.2 Å². The lowest BCUT2D eigenvalue weighted by Gasteiger charge is -2.47. The zero-order valence-corrected chi connectivity index (χ0v) is 19.5. The number of aliphatic hydroxyl groups excluding tert-OH is 1. The van der Waals surface area contributed by atoms with E-state index in [1.165, 1.54) is 0 Å². The molecule has 5 heterocycles. The Morgan fingerprint density at radius 1 is 1.33 bits per heavy atom. The van der Waals surface area contributed by atoms with Crippen LogP contribution in [-0.2, 0) is 34.3 Å². The van der Waals surface area contributed by atoms with Crippen molar-refractivity contribution in [2.75, 3.05) is 26.4 Å². The number of ether oxygens (including phenoxy) is 2. The van der Waals surface area contributed by atoms with Crippen molar-refractivity contribution in [1.82, 2.24) is 14.7 Å². The largest absolute Gasteiger partial charge is 0.425 e. The third-order valence-electron chi connectivity index (χ3n) is 7.24. The molecule has 0 radical (unpaired) electrons. The van der Waals surface area contributed by atoms with Crippen LogP contribution >= 0.6 is 11.3 Å². The van der Waals surface area contributed by atoms with Crippen LogP contribution in [0.25, 0.3) is 0 Å². The Balaban J connectivity index is 1.24. The van der Waals surface area contributed by atoms with Crippen molar-refractivity contribution in [2.45, 2.75) is 69.6 Å². The fourth-order valence-corrected chi connectivity index (χ4v) is 6.60. The SMILES string of the molecule is C[C@H]1C[C@@]2(CCN1Cc1cnn(CCC3CCOC3)c1)OC[C@@H](O)c1cc(C(F)(F)F)sc12. The van der Waals surface area contributed by atoms with Crippen LogP contribution in [0.5, 0.6) is 0 Å². The van der Waals surface area contributed by atoms with E-state index < -0.39 is 22.8 Å². The van der Waals surface area contributed by atoms with E-state index >= 15 is 0 Å². The van der Waals surface area contributed by atoms with Crippen LogP contribution in [0.1, 0.15) is 59.6 Å². The number of likely N-dealkylation sites (tertiary alicyclic amines) is 1. The Kier molecular flexibility index (Phi) is 6.32. The number of aliphatic hydroxyl groups is 1. The van der Waals surface area contributed by atoms with Gasteiger partial charge >= 0.3 is 6.18 Å². The normalized spacial score (nSPS) is 30.8. The van der Waals surface area contributed by atoms with E-state index in [0.717, 1.165) is 62.1 Å². The molecule has 1 spiro atoms. The molecule has 3 aliphatic heterocycles. The summed E-state index contributed by atoms with van der Waals surface area (Å²) in [5, 5.41) is 14.8. The zero-order chi connectivity index (χ0) is 23.2. The molecule has 5 rings (SSSR count). The summed E-state index contributed by atoms with van der Waals surface area (Å²) in [7, 11) is 0. The molecular weight excluding hydrogens is 455 g/mol. The van der Waals surface area contributed by atoms with Gasteiger partial charge in [0.25, 0.3) is 0 Å². The molecule has 4 atom stereocenters. The number of alkyl halides is 3. The molecule has 2 saturated heterocycles. The molecule has 2 fully saturated rings. The Bertz CT molecular complexity index is 972. The summed E-state index contributed by atoms with van der Waals surface area (Å²) in [5.41, 5.74) is 0.761. The number of nitrogens with zero attached hydrogens (tertiary/aromatic N) is 3. The van der Waals surface area contributed by atoms with Gasteiger partial charge in [-0.2, -0.15) is 18.3 Å². The van der Waals surface area contributed by atoms with Crippen molar-refractivity contribution < 1.29 is 27.8 Å². The van der Waals surface area contributed by atoms with Crippen molar-refractivity contribution in [3.8, 4) is 0 Å². The first-order chi connectivity index (χ1) is 15.7. The molecule has 3 aliphatic rings. The maximum Gasteiger partial charge on any atom is 0.425 e. The summed E-state index contributed by atoms with van der Waals surface area (Å²) in [6.45, 7) is 6.17. The molecule has 0 bridgehead atoms. The summed E-state index contributed by atoms with van der Waals surface area (Å²) < 4.78 is 53.5. The molecule has 1 N–H and O–H groups in total. The molecule has 2 aromatic rings. The highest BCUT2D eigenvalue weighted by molar-refractivity contribution is 7.12. The number of hydrogen-bond acceptors (Lipinski definition) is 6. The van der Waals surface area contributed by atoms with Gasteiger partial charge < -0.3 is 14.6 Å². The summed E-state index contributed by atoms with van der Waals surface area (Å²) in [4.78, 5) is 2.22. The van der Waals surface area contributed by atoms with Gasteiger partial charge in [0.1, 0.15) is 16.6 Å². The first-order valence-corrected chi connectivity index (χ1v) is 12.4. The van der Waals surface area contributed by atoms with E-state index in [1.807, 2.05) is 10.9 Å². The third kappa shape index (κ3) is 4.73. The van der Waals surface area contributed by atoms with E-state index in [2.05, 4.69) is 23.1 Å². The third-order valence-corrected chi connectivity index (χ3v) is 8.63. The number of rotatable bonds is 5. The van der Waals surface area contributed by atoms with Gasteiger partial charge in [-0.25, -0.2) is 0 Å². The molecular formula is C23H30F3N3O3S. The fourth-order valence-electron chi connectivity index (χ4n) is 5.34. The molecule has 33 heavy (non-hydrogen) atoms. The first-order valence-electron chi connectivity index (χ1n) is 11.6. The second kappa shape index (κ2) is 8.96. The van der Waals surface area contributed by atoms with E-state index in [-0.39, 0.29) is 12.6 Å². The maximum atomic E-state index is 13.3. The van der Waals surface area contributed by atoms with E-state index in [0.29, 0.717) is 35.7 Å². The predicted octanol–water partition coefficient (Wildman–Crippen LogP) is 4.33. The van der Waals surface area contributed by atoms with Gasteiger partial charge in [-0.3, -0.25) is 9.58 Å². The highest BCUT2D eigenvalue weighted by atomic mass is 32.1. The Morgan fingerprint density at radius 3 is 2.91 bits per heavy atom. The lowest BCUT2D eigenvalue weighted by molar-refractivity contribution is -0.139. The van der Waals surface area contributed by atoms with Gasteiger partial charge in [0.2, 0.25) is 0 Å². The minimum Gasteiger partial charge on any atom is -0.386 e. The van der Waals surface area contributed by atoms with Gasteiger partial charge in [0, 0.05) is 61.1 Å². The minimum atomic E-state index is -4.42. The van der Waals surface area contributed by atoms with Crippen molar-refractivity contribution in [1.29, 1.82) is 0 Å². The predicted molar refractivity (Wildman–Crippen MR) is 117 cm³/mol. The average molecular weight is 486 g/mol. The second-order valence-electron chi connectivity index (χ2n) is 9.62. The van der Waals surface area contributed by atoms with Crippen LogP contribution in [0.15, 0.2) is 18.5 Å². The van der Waals surface area contributed by atoms with Crippen molar-refractivity contribution in [3.63, 3.8) is 0 Å². The Morgan fingerprint density at radius 2 is 2.18 bits per heavy atom. The average Bonchev–Trinajstić information content (AvgIpc) is 3.52. The van der Waals surface area contributed by atoms with Gasteiger partial charge in [-0.1, -0.05) is 0 Å². The fraction of sp³-hybridized carbons (Fsp3) is 0.696. The maximum absolute atomic E-state index is 13.3. The van der Waals surface area contributed by atoms with Crippen LogP contribution < -0.4 is 0 Å². The number of aryl methyl sites for hydroxylation is 1. The minimum absolute atomic E-state index is 0.0343. The van der Waals surface area contributed by atoms with Crippen molar-refractivity contribution in [3.05, 3.63) is 39.3 Å². The molecule has 0 amide bonds.